The zero-order valence-electron chi connectivity index (χ0n) is 8.22. The summed E-state index contributed by atoms with van der Waals surface area (Å²) < 4.78 is 5.21. The van der Waals surface area contributed by atoms with Gasteiger partial charge in [-0.15, -0.1) is 12.4 Å². The van der Waals surface area contributed by atoms with Crippen molar-refractivity contribution in [2.75, 3.05) is 6.54 Å². The third kappa shape index (κ3) is 2.81. The monoisotopic (exact) mass is 224 g/mol. The van der Waals surface area contributed by atoms with Crippen molar-refractivity contribution in [1.82, 2.24) is 4.98 Å². The molecule has 80 valence electrons. The van der Waals surface area contributed by atoms with Gasteiger partial charge in [0.15, 0.2) is 0 Å². The summed E-state index contributed by atoms with van der Waals surface area (Å²) in [5.74, 6) is 0.656. The van der Waals surface area contributed by atoms with Gasteiger partial charge < -0.3 is 10.2 Å². The SMILES string of the molecule is Cl.NCCc1cccc(-c2ncco2)c1. The Kier molecular flexibility index (Phi) is 4.34. The summed E-state index contributed by atoms with van der Waals surface area (Å²) in [7, 11) is 0. The Morgan fingerprint density at radius 2 is 2.20 bits per heavy atom. The van der Waals surface area contributed by atoms with Crippen LogP contribution in [-0.4, -0.2) is 11.5 Å². The van der Waals surface area contributed by atoms with Crippen molar-refractivity contribution in [3.05, 3.63) is 42.3 Å². The summed E-state index contributed by atoms with van der Waals surface area (Å²) in [6.07, 6.45) is 4.10. The predicted molar refractivity (Wildman–Crippen MR) is 61.9 cm³/mol. The molecule has 3 nitrogen and oxygen atoms in total. The highest BCUT2D eigenvalue weighted by Gasteiger charge is 2.02. The normalized spacial score (nSPS) is 9.67. The second-order valence-corrected chi connectivity index (χ2v) is 3.08. The Morgan fingerprint density at radius 1 is 1.33 bits per heavy atom. The molecule has 2 rings (SSSR count). The van der Waals surface area contributed by atoms with E-state index in [1.807, 2.05) is 12.1 Å². The van der Waals surface area contributed by atoms with Gasteiger partial charge in [-0.1, -0.05) is 12.1 Å². The lowest BCUT2D eigenvalue weighted by atomic mass is 10.1. The number of hydrogen-bond acceptors (Lipinski definition) is 3. The minimum absolute atomic E-state index is 0. The third-order valence-corrected chi connectivity index (χ3v) is 2.04. The van der Waals surface area contributed by atoms with Crippen LogP contribution >= 0.6 is 12.4 Å². The average Bonchev–Trinajstić information content (AvgIpc) is 2.71. The number of hydrogen-bond donors (Lipinski definition) is 1. The maximum Gasteiger partial charge on any atom is 0.225 e. The lowest BCUT2D eigenvalue weighted by Gasteiger charge is -2.00. The molecule has 0 amide bonds. The van der Waals surface area contributed by atoms with Crippen LogP contribution in [0.1, 0.15) is 5.56 Å². The standard InChI is InChI=1S/C11H12N2O.ClH/c12-5-4-9-2-1-3-10(8-9)11-13-6-7-14-11;/h1-3,6-8H,4-5,12H2;1H. The van der Waals surface area contributed by atoms with E-state index in [4.69, 9.17) is 10.2 Å². The Hall–Kier alpha value is -1.32. The van der Waals surface area contributed by atoms with Crippen molar-refractivity contribution >= 4 is 12.4 Å². The fraction of sp³-hybridized carbons (Fsp3) is 0.182. The van der Waals surface area contributed by atoms with Crippen LogP contribution in [0.15, 0.2) is 41.1 Å². The summed E-state index contributed by atoms with van der Waals surface area (Å²) in [6.45, 7) is 0.662. The molecular formula is C11H13ClN2O. The molecule has 0 fully saturated rings. The molecule has 0 radical (unpaired) electrons. The molecule has 0 aliphatic rings. The fourth-order valence-electron chi connectivity index (χ4n) is 1.39. The van der Waals surface area contributed by atoms with Gasteiger partial charge in [0.2, 0.25) is 5.89 Å². The molecular weight excluding hydrogens is 212 g/mol. The van der Waals surface area contributed by atoms with Crippen LogP contribution in [0.3, 0.4) is 0 Å². The molecule has 2 N–H and O–H groups in total. The molecule has 1 heterocycles. The second kappa shape index (κ2) is 5.53. The lowest BCUT2D eigenvalue weighted by Crippen LogP contribution is -2.02. The Bertz CT molecular complexity index is 401. The molecule has 0 atom stereocenters. The zero-order valence-corrected chi connectivity index (χ0v) is 9.04. The first-order valence-electron chi connectivity index (χ1n) is 4.59. The molecule has 1 aromatic carbocycles. The van der Waals surface area contributed by atoms with E-state index in [0.717, 1.165) is 12.0 Å². The topological polar surface area (TPSA) is 52.0 Å². The van der Waals surface area contributed by atoms with Crippen molar-refractivity contribution in [3.63, 3.8) is 0 Å². The molecule has 0 spiro atoms. The quantitative estimate of drug-likeness (QED) is 0.870. The van der Waals surface area contributed by atoms with Gasteiger partial charge in [-0.3, -0.25) is 0 Å². The van der Waals surface area contributed by atoms with Crippen molar-refractivity contribution in [2.24, 2.45) is 5.73 Å². The van der Waals surface area contributed by atoms with Gasteiger partial charge in [-0.2, -0.15) is 0 Å². The van der Waals surface area contributed by atoms with Crippen molar-refractivity contribution in [3.8, 4) is 11.5 Å². The predicted octanol–water partition coefficient (Wildman–Crippen LogP) is 2.26. The van der Waals surface area contributed by atoms with Gasteiger partial charge in [-0.05, 0) is 30.7 Å². The fourth-order valence-corrected chi connectivity index (χ4v) is 1.39. The Morgan fingerprint density at radius 3 is 2.87 bits per heavy atom. The molecule has 0 bridgehead atoms. The molecule has 15 heavy (non-hydrogen) atoms. The molecule has 0 aliphatic carbocycles. The van der Waals surface area contributed by atoms with E-state index in [-0.39, 0.29) is 12.4 Å². The summed E-state index contributed by atoms with van der Waals surface area (Å²) in [4.78, 5) is 4.09. The number of benzene rings is 1. The van der Waals surface area contributed by atoms with E-state index in [1.165, 1.54) is 5.56 Å². The molecule has 4 heteroatoms. The summed E-state index contributed by atoms with van der Waals surface area (Å²) in [5, 5.41) is 0. The molecule has 2 aromatic rings. The minimum Gasteiger partial charge on any atom is -0.445 e. The highest BCUT2D eigenvalue weighted by Crippen LogP contribution is 2.18. The smallest absolute Gasteiger partial charge is 0.225 e. The van der Waals surface area contributed by atoms with Gasteiger partial charge in [-0.25, -0.2) is 4.98 Å². The molecule has 0 saturated heterocycles. The Balaban J connectivity index is 0.00000112. The van der Waals surface area contributed by atoms with Crippen LogP contribution < -0.4 is 5.73 Å². The van der Waals surface area contributed by atoms with Crippen molar-refractivity contribution in [2.45, 2.75) is 6.42 Å². The van der Waals surface area contributed by atoms with E-state index < -0.39 is 0 Å². The largest absolute Gasteiger partial charge is 0.445 e. The average molecular weight is 225 g/mol. The van der Waals surface area contributed by atoms with Gasteiger partial charge in [0.05, 0.1) is 6.20 Å². The first kappa shape index (κ1) is 11.8. The number of nitrogens with zero attached hydrogens (tertiary/aromatic N) is 1. The van der Waals surface area contributed by atoms with Crippen LogP contribution in [0, 0.1) is 0 Å². The zero-order chi connectivity index (χ0) is 9.80. The van der Waals surface area contributed by atoms with E-state index >= 15 is 0 Å². The van der Waals surface area contributed by atoms with Gasteiger partial charge in [0.25, 0.3) is 0 Å². The van der Waals surface area contributed by atoms with Crippen LogP contribution in [0.2, 0.25) is 0 Å². The van der Waals surface area contributed by atoms with E-state index in [2.05, 4.69) is 17.1 Å². The lowest BCUT2D eigenvalue weighted by molar-refractivity contribution is 0.574. The summed E-state index contributed by atoms with van der Waals surface area (Å²) in [6, 6.07) is 8.08. The van der Waals surface area contributed by atoms with Gasteiger partial charge in [0.1, 0.15) is 6.26 Å². The van der Waals surface area contributed by atoms with Crippen LogP contribution in [0.5, 0.6) is 0 Å². The van der Waals surface area contributed by atoms with E-state index in [9.17, 15) is 0 Å². The van der Waals surface area contributed by atoms with E-state index in [0.29, 0.717) is 12.4 Å². The number of oxazole rings is 1. The maximum atomic E-state index is 5.49. The Labute approximate surface area is 94.7 Å². The highest BCUT2D eigenvalue weighted by molar-refractivity contribution is 5.85. The number of rotatable bonds is 3. The van der Waals surface area contributed by atoms with Crippen LogP contribution in [0.25, 0.3) is 11.5 Å². The summed E-state index contributed by atoms with van der Waals surface area (Å²) >= 11 is 0. The van der Waals surface area contributed by atoms with Crippen LogP contribution in [0.4, 0.5) is 0 Å². The van der Waals surface area contributed by atoms with Crippen molar-refractivity contribution in [1.29, 1.82) is 0 Å². The van der Waals surface area contributed by atoms with E-state index in [1.54, 1.807) is 12.5 Å². The number of nitrogens with two attached hydrogens (primary N) is 1. The third-order valence-electron chi connectivity index (χ3n) is 2.04. The summed E-state index contributed by atoms with van der Waals surface area (Å²) in [5.41, 5.74) is 7.70. The highest BCUT2D eigenvalue weighted by atomic mass is 35.5. The molecule has 0 unspecified atom stereocenters. The van der Waals surface area contributed by atoms with Crippen LogP contribution in [-0.2, 0) is 6.42 Å². The first-order chi connectivity index (χ1) is 6.90. The van der Waals surface area contributed by atoms with Gasteiger partial charge >= 0.3 is 0 Å². The number of halogens is 1. The first-order valence-corrected chi connectivity index (χ1v) is 4.59. The maximum absolute atomic E-state index is 5.49. The van der Waals surface area contributed by atoms with Crippen molar-refractivity contribution < 1.29 is 4.42 Å². The molecule has 0 saturated carbocycles. The number of aromatic nitrogens is 1. The second-order valence-electron chi connectivity index (χ2n) is 3.08. The van der Waals surface area contributed by atoms with Gasteiger partial charge in [0, 0.05) is 5.56 Å². The molecule has 0 aliphatic heterocycles. The minimum atomic E-state index is 0. The molecule has 1 aromatic heterocycles.